The number of pyridine rings is 1. The van der Waals surface area contributed by atoms with Crippen molar-refractivity contribution in [3.05, 3.63) is 65.6 Å². The Labute approximate surface area is 157 Å². The van der Waals surface area contributed by atoms with Gasteiger partial charge in [-0.1, -0.05) is 29.7 Å². The Hall–Kier alpha value is -2.19. The summed E-state index contributed by atoms with van der Waals surface area (Å²) in [6, 6.07) is 8.23. The molecule has 0 N–H and O–H groups in total. The highest BCUT2D eigenvalue weighted by atomic mass is 35.5. The van der Waals surface area contributed by atoms with E-state index >= 15 is 0 Å². The lowest BCUT2D eigenvalue weighted by molar-refractivity contribution is -0.169. The first-order valence-corrected chi connectivity index (χ1v) is 8.80. The highest BCUT2D eigenvalue weighted by Crippen LogP contribution is 2.23. The summed E-state index contributed by atoms with van der Waals surface area (Å²) in [5.41, 5.74) is 2.06. The molecule has 1 aliphatic rings. The van der Waals surface area contributed by atoms with Gasteiger partial charge < -0.3 is 9.47 Å². The summed E-state index contributed by atoms with van der Waals surface area (Å²) in [4.78, 5) is 4.33. The number of aromatic nitrogens is 1. The van der Waals surface area contributed by atoms with Crippen LogP contribution in [0.3, 0.4) is 0 Å². The van der Waals surface area contributed by atoms with E-state index in [-0.39, 0.29) is 5.02 Å². The Morgan fingerprint density at radius 2 is 2.08 bits per heavy atom. The standard InChI is InChI=1S/C21H19ClFNO2/c1-2-3-4-16-13-25-21(26-14-16)10-6-15-5-9-20(24-12-15)17-7-8-18(22)19(23)11-17/h2,5,7-9,11-12,16,21H,1,3-4,13-14H2. The van der Waals surface area contributed by atoms with Gasteiger partial charge in [-0.25, -0.2) is 4.39 Å². The monoisotopic (exact) mass is 371 g/mol. The number of ether oxygens (including phenoxy) is 2. The minimum Gasteiger partial charge on any atom is -0.342 e. The molecule has 0 radical (unpaired) electrons. The fourth-order valence-corrected chi connectivity index (χ4v) is 2.70. The largest absolute Gasteiger partial charge is 0.342 e. The molecule has 0 aliphatic carbocycles. The number of nitrogens with zero attached hydrogens (tertiary/aromatic N) is 1. The Bertz CT molecular complexity index is 818. The van der Waals surface area contributed by atoms with Crippen LogP contribution in [0.15, 0.2) is 49.2 Å². The van der Waals surface area contributed by atoms with Crippen LogP contribution in [0.1, 0.15) is 18.4 Å². The molecule has 0 saturated carbocycles. The Morgan fingerprint density at radius 3 is 2.73 bits per heavy atom. The summed E-state index contributed by atoms with van der Waals surface area (Å²) in [6.45, 7) is 5.01. The van der Waals surface area contributed by atoms with Crippen LogP contribution in [0.25, 0.3) is 11.3 Å². The van der Waals surface area contributed by atoms with E-state index in [1.165, 1.54) is 12.1 Å². The van der Waals surface area contributed by atoms with Gasteiger partial charge in [0, 0.05) is 23.2 Å². The fraction of sp³-hybridized carbons (Fsp3) is 0.286. The molecule has 1 fully saturated rings. The van der Waals surface area contributed by atoms with Gasteiger partial charge in [-0.2, -0.15) is 0 Å². The normalized spacial score (nSPS) is 19.5. The summed E-state index contributed by atoms with van der Waals surface area (Å²) < 4.78 is 24.8. The summed E-state index contributed by atoms with van der Waals surface area (Å²) in [5, 5.41) is 0.0930. The second-order valence-electron chi connectivity index (χ2n) is 6.06. The highest BCUT2D eigenvalue weighted by molar-refractivity contribution is 6.30. The van der Waals surface area contributed by atoms with E-state index in [4.69, 9.17) is 21.1 Å². The maximum Gasteiger partial charge on any atom is 0.222 e. The zero-order valence-corrected chi connectivity index (χ0v) is 15.0. The predicted octanol–water partition coefficient (Wildman–Crippen LogP) is 4.85. The average Bonchev–Trinajstić information content (AvgIpc) is 2.68. The summed E-state index contributed by atoms with van der Waals surface area (Å²) in [6.07, 6.45) is 5.01. The number of benzene rings is 1. The summed E-state index contributed by atoms with van der Waals surface area (Å²) >= 11 is 5.70. The lowest BCUT2D eigenvalue weighted by Gasteiger charge is -2.26. The smallest absolute Gasteiger partial charge is 0.222 e. The van der Waals surface area contributed by atoms with E-state index in [0.717, 1.165) is 18.4 Å². The van der Waals surface area contributed by atoms with Crippen molar-refractivity contribution in [2.45, 2.75) is 19.1 Å². The third kappa shape index (κ3) is 4.92. The zero-order chi connectivity index (χ0) is 18.4. The quantitative estimate of drug-likeness (QED) is 0.568. The first-order valence-electron chi connectivity index (χ1n) is 8.43. The molecule has 26 heavy (non-hydrogen) atoms. The van der Waals surface area contributed by atoms with E-state index in [0.29, 0.717) is 30.4 Å². The molecule has 2 aromatic rings. The van der Waals surface area contributed by atoms with Gasteiger partial charge in [0.1, 0.15) is 5.82 Å². The zero-order valence-electron chi connectivity index (χ0n) is 14.3. The topological polar surface area (TPSA) is 31.4 Å². The molecule has 134 valence electrons. The lowest BCUT2D eigenvalue weighted by Crippen LogP contribution is -2.31. The van der Waals surface area contributed by atoms with Crippen molar-refractivity contribution in [2.24, 2.45) is 5.92 Å². The Morgan fingerprint density at radius 1 is 1.27 bits per heavy atom. The number of rotatable bonds is 4. The second-order valence-corrected chi connectivity index (χ2v) is 6.47. The van der Waals surface area contributed by atoms with Crippen molar-refractivity contribution < 1.29 is 13.9 Å². The van der Waals surface area contributed by atoms with Crippen molar-refractivity contribution >= 4 is 11.6 Å². The first kappa shape index (κ1) is 18.6. The molecule has 0 atom stereocenters. The molecule has 0 bridgehead atoms. The number of hydrogen-bond donors (Lipinski definition) is 0. The molecule has 2 heterocycles. The summed E-state index contributed by atoms with van der Waals surface area (Å²) in [7, 11) is 0. The molecule has 1 aromatic heterocycles. The molecule has 1 aromatic carbocycles. The van der Waals surface area contributed by atoms with Gasteiger partial charge >= 0.3 is 0 Å². The van der Waals surface area contributed by atoms with Crippen molar-refractivity contribution in [3.8, 4) is 23.1 Å². The molecule has 0 spiro atoms. The fourth-order valence-electron chi connectivity index (χ4n) is 2.58. The van der Waals surface area contributed by atoms with Crippen molar-refractivity contribution in [1.82, 2.24) is 4.98 Å². The van der Waals surface area contributed by atoms with Crippen LogP contribution < -0.4 is 0 Å². The molecule has 1 aliphatic heterocycles. The minimum absolute atomic E-state index is 0.0930. The van der Waals surface area contributed by atoms with Gasteiger partial charge in [0.25, 0.3) is 0 Å². The van der Waals surface area contributed by atoms with Gasteiger partial charge in [0.05, 0.1) is 23.9 Å². The van der Waals surface area contributed by atoms with E-state index in [9.17, 15) is 4.39 Å². The van der Waals surface area contributed by atoms with Gasteiger partial charge in [0.2, 0.25) is 6.29 Å². The van der Waals surface area contributed by atoms with E-state index in [1.54, 1.807) is 18.3 Å². The van der Waals surface area contributed by atoms with E-state index in [2.05, 4.69) is 23.4 Å². The maximum absolute atomic E-state index is 13.6. The minimum atomic E-state index is -0.514. The van der Waals surface area contributed by atoms with Crippen LogP contribution >= 0.6 is 11.6 Å². The van der Waals surface area contributed by atoms with Crippen LogP contribution in [0.5, 0.6) is 0 Å². The highest BCUT2D eigenvalue weighted by Gasteiger charge is 2.19. The van der Waals surface area contributed by atoms with Crippen molar-refractivity contribution in [2.75, 3.05) is 13.2 Å². The first-order chi connectivity index (χ1) is 12.7. The van der Waals surface area contributed by atoms with E-state index in [1.807, 2.05) is 12.1 Å². The van der Waals surface area contributed by atoms with Gasteiger partial charge in [-0.05, 0) is 43.0 Å². The third-order valence-corrected chi connectivity index (χ3v) is 4.37. The maximum atomic E-state index is 13.6. The number of halogens is 2. The molecule has 0 unspecified atom stereocenters. The van der Waals surface area contributed by atoms with Crippen LogP contribution in [-0.2, 0) is 9.47 Å². The van der Waals surface area contributed by atoms with Gasteiger partial charge in [0.15, 0.2) is 0 Å². The second kappa shape index (κ2) is 8.95. The van der Waals surface area contributed by atoms with Crippen molar-refractivity contribution in [3.63, 3.8) is 0 Å². The van der Waals surface area contributed by atoms with E-state index < -0.39 is 12.1 Å². The molecular weight excluding hydrogens is 353 g/mol. The van der Waals surface area contributed by atoms with Crippen LogP contribution in [-0.4, -0.2) is 24.5 Å². The number of allylic oxidation sites excluding steroid dienone is 1. The Kier molecular flexibility index (Phi) is 6.40. The predicted molar refractivity (Wildman–Crippen MR) is 100 cm³/mol. The molecular formula is C21H19ClFNO2. The number of hydrogen-bond acceptors (Lipinski definition) is 3. The van der Waals surface area contributed by atoms with Crippen LogP contribution in [0.2, 0.25) is 5.02 Å². The molecule has 0 amide bonds. The Balaban J connectivity index is 1.59. The average molecular weight is 372 g/mol. The van der Waals surface area contributed by atoms with Crippen LogP contribution in [0, 0.1) is 23.6 Å². The third-order valence-electron chi connectivity index (χ3n) is 4.06. The summed E-state index contributed by atoms with van der Waals surface area (Å²) in [5.74, 6) is 5.89. The molecule has 5 heteroatoms. The lowest BCUT2D eigenvalue weighted by atomic mass is 10.1. The van der Waals surface area contributed by atoms with Crippen LogP contribution in [0.4, 0.5) is 4.39 Å². The van der Waals surface area contributed by atoms with Gasteiger partial charge in [-0.15, -0.1) is 6.58 Å². The molecule has 1 saturated heterocycles. The SMILES string of the molecule is C=CCCC1COC(C#Cc2ccc(-c3ccc(Cl)c(F)c3)nc2)OC1. The van der Waals surface area contributed by atoms with Crippen molar-refractivity contribution in [1.29, 1.82) is 0 Å². The van der Waals surface area contributed by atoms with Gasteiger partial charge in [-0.3, -0.25) is 4.98 Å². The molecule has 3 rings (SSSR count). The molecule has 3 nitrogen and oxygen atoms in total.